The first kappa shape index (κ1) is 13.4. The topological polar surface area (TPSA) is 75.3 Å². The van der Waals surface area contributed by atoms with Gasteiger partial charge in [0.1, 0.15) is 5.75 Å². The molecule has 0 aliphatic heterocycles. The maximum atomic E-state index is 12.1. The molecule has 0 saturated heterocycles. The summed E-state index contributed by atoms with van der Waals surface area (Å²) >= 11 is 3.29. The van der Waals surface area contributed by atoms with Gasteiger partial charge < -0.3 is 16.2 Å². The third-order valence-corrected chi connectivity index (χ3v) is 3.83. The van der Waals surface area contributed by atoms with Gasteiger partial charge in [0.15, 0.2) is 0 Å². The highest BCUT2D eigenvalue weighted by atomic mass is 79.9. The molecule has 0 radical (unpaired) electrons. The van der Waals surface area contributed by atoms with Crippen LogP contribution in [0, 0.1) is 0 Å². The molecule has 1 aliphatic carbocycles. The van der Waals surface area contributed by atoms with Crippen molar-refractivity contribution in [2.75, 3.05) is 0 Å². The Morgan fingerprint density at radius 2 is 2.11 bits per heavy atom. The van der Waals surface area contributed by atoms with Gasteiger partial charge in [-0.25, -0.2) is 0 Å². The summed E-state index contributed by atoms with van der Waals surface area (Å²) in [5.74, 6) is -0.281. The molecule has 1 aromatic rings. The molecule has 4 N–H and O–H groups in total. The quantitative estimate of drug-likeness (QED) is 0.783. The number of nitrogens with one attached hydrogen (secondary N) is 1. The summed E-state index contributed by atoms with van der Waals surface area (Å²) in [6, 6.07) is 4.82. The van der Waals surface area contributed by atoms with Gasteiger partial charge in [-0.15, -0.1) is 0 Å². The minimum absolute atomic E-state index is 0.00429. The van der Waals surface area contributed by atoms with Crippen molar-refractivity contribution in [1.82, 2.24) is 5.32 Å². The molecule has 5 heteroatoms. The smallest absolute Gasteiger partial charge is 0.255 e. The van der Waals surface area contributed by atoms with Gasteiger partial charge in [-0.05, 0) is 31.0 Å². The summed E-state index contributed by atoms with van der Waals surface area (Å²) in [5, 5.41) is 12.6. The van der Waals surface area contributed by atoms with E-state index in [1.54, 1.807) is 12.1 Å². The largest absolute Gasteiger partial charge is 0.507 e. The number of carbonyl (C=O) groups excluding carboxylic acids is 1. The van der Waals surface area contributed by atoms with Gasteiger partial charge in [-0.3, -0.25) is 4.79 Å². The highest BCUT2D eigenvalue weighted by Gasteiger charge is 2.24. The van der Waals surface area contributed by atoms with Crippen molar-refractivity contribution in [3.63, 3.8) is 0 Å². The van der Waals surface area contributed by atoms with Crippen molar-refractivity contribution in [1.29, 1.82) is 0 Å². The van der Waals surface area contributed by atoms with E-state index in [0.717, 1.165) is 30.2 Å². The number of amides is 1. The number of hydrogen-bond donors (Lipinski definition) is 3. The number of carbonyl (C=O) groups is 1. The summed E-state index contributed by atoms with van der Waals surface area (Å²) < 4.78 is 0.762. The lowest BCUT2D eigenvalue weighted by molar-refractivity contribution is 0.0918. The fraction of sp³-hybridized carbons (Fsp3) is 0.462. The minimum Gasteiger partial charge on any atom is -0.507 e. The van der Waals surface area contributed by atoms with E-state index < -0.39 is 0 Å². The van der Waals surface area contributed by atoms with Crippen molar-refractivity contribution >= 4 is 21.8 Å². The van der Waals surface area contributed by atoms with Crippen LogP contribution in [0.25, 0.3) is 0 Å². The molecule has 0 aromatic heterocycles. The summed E-state index contributed by atoms with van der Waals surface area (Å²) in [4.78, 5) is 12.1. The van der Waals surface area contributed by atoms with Crippen molar-refractivity contribution in [3.05, 3.63) is 28.2 Å². The summed E-state index contributed by atoms with van der Waals surface area (Å²) in [6.07, 6.45) is 4.05. The molecule has 0 spiro atoms. The summed E-state index contributed by atoms with van der Waals surface area (Å²) in [5.41, 5.74) is 6.27. The number of aromatic hydroxyl groups is 1. The second-order valence-corrected chi connectivity index (χ2v) is 5.61. The SMILES string of the molecule is N[C@@H]1CCCC[C@H]1NC(=O)c1cc(Br)ccc1O. The Morgan fingerprint density at radius 1 is 1.39 bits per heavy atom. The molecule has 0 unspecified atom stereocenters. The average molecular weight is 313 g/mol. The number of rotatable bonds is 2. The lowest BCUT2D eigenvalue weighted by Crippen LogP contribution is -2.49. The van der Waals surface area contributed by atoms with Crippen LogP contribution in [0.2, 0.25) is 0 Å². The predicted molar refractivity (Wildman–Crippen MR) is 73.5 cm³/mol. The molecule has 1 aromatic carbocycles. The number of benzene rings is 1. The van der Waals surface area contributed by atoms with Crippen LogP contribution in [0.15, 0.2) is 22.7 Å². The number of halogens is 1. The van der Waals surface area contributed by atoms with E-state index in [-0.39, 0.29) is 29.3 Å². The van der Waals surface area contributed by atoms with Crippen LogP contribution >= 0.6 is 15.9 Å². The standard InChI is InChI=1S/C13H17BrN2O2/c14-8-5-6-12(17)9(7-8)13(18)16-11-4-2-1-3-10(11)15/h5-7,10-11,17H,1-4,15H2,(H,16,18)/t10-,11-/m1/s1. The first-order valence-electron chi connectivity index (χ1n) is 6.13. The molecule has 18 heavy (non-hydrogen) atoms. The van der Waals surface area contributed by atoms with Crippen LogP contribution in [0.1, 0.15) is 36.0 Å². The van der Waals surface area contributed by atoms with E-state index in [2.05, 4.69) is 21.2 Å². The van der Waals surface area contributed by atoms with Gasteiger partial charge in [0.05, 0.1) is 5.56 Å². The number of phenols is 1. The Balaban J connectivity index is 2.09. The Morgan fingerprint density at radius 3 is 2.83 bits per heavy atom. The van der Waals surface area contributed by atoms with E-state index in [4.69, 9.17) is 5.73 Å². The molecule has 4 nitrogen and oxygen atoms in total. The Hall–Kier alpha value is -1.07. The Kier molecular flexibility index (Phi) is 4.24. The molecule has 0 heterocycles. The molecule has 1 saturated carbocycles. The van der Waals surface area contributed by atoms with Crippen LogP contribution in [0.4, 0.5) is 0 Å². The lowest BCUT2D eigenvalue weighted by Gasteiger charge is -2.29. The molecular weight excluding hydrogens is 296 g/mol. The van der Waals surface area contributed by atoms with Gasteiger partial charge in [0.2, 0.25) is 0 Å². The number of hydrogen-bond acceptors (Lipinski definition) is 3. The highest BCUT2D eigenvalue weighted by Crippen LogP contribution is 2.23. The molecular formula is C13H17BrN2O2. The highest BCUT2D eigenvalue weighted by molar-refractivity contribution is 9.10. The fourth-order valence-corrected chi connectivity index (χ4v) is 2.64. The van der Waals surface area contributed by atoms with Crippen LogP contribution in [0.5, 0.6) is 5.75 Å². The zero-order valence-corrected chi connectivity index (χ0v) is 11.6. The predicted octanol–water partition coefficient (Wildman–Crippen LogP) is 2.15. The third kappa shape index (κ3) is 3.03. The van der Waals surface area contributed by atoms with Crippen molar-refractivity contribution < 1.29 is 9.90 Å². The van der Waals surface area contributed by atoms with Gasteiger partial charge in [-0.1, -0.05) is 28.8 Å². The van der Waals surface area contributed by atoms with Crippen molar-refractivity contribution in [2.24, 2.45) is 5.73 Å². The maximum absolute atomic E-state index is 12.1. The summed E-state index contributed by atoms with van der Waals surface area (Å²) in [6.45, 7) is 0. The van der Waals surface area contributed by atoms with E-state index in [0.29, 0.717) is 0 Å². The normalized spacial score (nSPS) is 23.7. The van der Waals surface area contributed by atoms with Gasteiger partial charge in [-0.2, -0.15) is 0 Å². The van der Waals surface area contributed by atoms with E-state index in [1.807, 2.05) is 0 Å². The molecule has 0 bridgehead atoms. The average Bonchev–Trinajstić information content (AvgIpc) is 2.35. The second-order valence-electron chi connectivity index (χ2n) is 4.69. The maximum Gasteiger partial charge on any atom is 0.255 e. The first-order valence-corrected chi connectivity index (χ1v) is 6.92. The molecule has 1 aliphatic rings. The monoisotopic (exact) mass is 312 g/mol. The second kappa shape index (κ2) is 5.71. The van der Waals surface area contributed by atoms with Crippen LogP contribution in [-0.2, 0) is 0 Å². The van der Waals surface area contributed by atoms with Gasteiger partial charge in [0.25, 0.3) is 5.91 Å². The Labute approximate surface area is 115 Å². The van der Waals surface area contributed by atoms with Gasteiger partial charge >= 0.3 is 0 Å². The zero-order chi connectivity index (χ0) is 13.1. The molecule has 2 atom stereocenters. The van der Waals surface area contributed by atoms with Gasteiger partial charge in [0, 0.05) is 16.6 Å². The minimum atomic E-state index is -0.267. The third-order valence-electron chi connectivity index (χ3n) is 3.34. The first-order chi connectivity index (χ1) is 8.58. The number of nitrogens with two attached hydrogens (primary N) is 1. The van der Waals surface area contributed by atoms with Crippen molar-refractivity contribution in [2.45, 2.75) is 37.8 Å². The Bertz CT molecular complexity index is 451. The van der Waals surface area contributed by atoms with Crippen LogP contribution in [-0.4, -0.2) is 23.1 Å². The molecule has 2 rings (SSSR count). The van der Waals surface area contributed by atoms with Crippen LogP contribution < -0.4 is 11.1 Å². The van der Waals surface area contributed by atoms with E-state index in [1.165, 1.54) is 6.07 Å². The van der Waals surface area contributed by atoms with Crippen molar-refractivity contribution in [3.8, 4) is 5.75 Å². The van der Waals surface area contributed by atoms with E-state index in [9.17, 15) is 9.90 Å². The van der Waals surface area contributed by atoms with E-state index >= 15 is 0 Å². The summed E-state index contributed by atoms with van der Waals surface area (Å²) in [7, 11) is 0. The molecule has 98 valence electrons. The molecule has 1 amide bonds. The lowest BCUT2D eigenvalue weighted by atomic mass is 9.91. The number of phenolic OH excluding ortho intramolecular Hbond substituents is 1. The fourth-order valence-electron chi connectivity index (χ4n) is 2.28. The van der Waals surface area contributed by atoms with Crippen LogP contribution in [0.3, 0.4) is 0 Å². The molecule has 1 fully saturated rings. The zero-order valence-electron chi connectivity index (χ0n) is 10.0.